The Balaban J connectivity index is 3.64. The maximum absolute atomic E-state index is 14.9. The molecule has 1 saturated heterocycles. The highest BCUT2D eigenvalue weighted by atomic mass is 31.2. The molecular formula is C94H178NO17P. The van der Waals surface area contributed by atoms with Crippen molar-refractivity contribution in [1.29, 1.82) is 0 Å². The van der Waals surface area contributed by atoms with E-state index in [0.29, 0.717) is 64.2 Å². The molecule has 19 heteroatoms. The summed E-state index contributed by atoms with van der Waals surface area (Å²) < 4.78 is 55.9. The summed E-state index contributed by atoms with van der Waals surface area (Å²) in [5, 5.41) is 13.9. The molecule has 4 N–H and O–H groups in total. The smallest absolute Gasteiger partial charge is 0.462 e. The zero-order valence-electron chi connectivity index (χ0n) is 73.9. The fraction of sp³-hybridized carbons (Fsp3) is 0.936. The highest BCUT2D eigenvalue weighted by Crippen LogP contribution is 2.43. The Bertz CT molecular complexity index is 2250. The second-order valence-corrected chi connectivity index (χ2v) is 35.0. The fourth-order valence-electron chi connectivity index (χ4n) is 15.8. The standard InChI is InChI=1S/C94H178NO17P/c1-7-13-19-25-31-37-40-46-52-58-64-73-87(99)107-82(70-61-55-49-43-34-28-22-16-10-4)77-81(97)69-67-68-76-106-94-91(95-86(98)78-83(71-62-56-50-44-35-29-23-17-11-5)108-88(100)74-65-59-53-47-41-38-32-26-20-14-8-2)93(92(85(80-96)110-94)112-113(103,104)105)111-90(102)79-84(72-63-57-51-45-36-30-24-18-12-6)109-89(101)75-66-60-54-48-42-39-33-27-21-15-9-3/h82-85,91-94,96H,7-80H2,1-6H3,(H,95,98)(H2,103,104,105)/t82-,83-,84-,85?,91?,92-,93?,94-/m1/s1. The van der Waals surface area contributed by atoms with Gasteiger partial charge in [0.25, 0.3) is 0 Å². The van der Waals surface area contributed by atoms with Crippen LogP contribution in [0.25, 0.3) is 0 Å². The van der Waals surface area contributed by atoms with Crippen molar-refractivity contribution < 1.29 is 81.2 Å². The van der Waals surface area contributed by atoms with E-state index in [2.05, 4.69) is 46.9 Å². The van der Waals surface area contributed by atoms with E-state index < -0.39 is 93.6 Å². The number of nitrogens with one attached hydrogen (secondary N) is 1. The molecule has 0 radical (unpaired) electrons. The summed E-state index contributed by atoms with van der Waals surface area (Å²) in [5.74, 6) is -2.68. The molecule has 1 heterocycles. The zero-order valence-corrected chi connectivity index (χ0v) is 74.8. The van der Waals surface area contributed by atoms with E-state index in [4.69, 9.17) is 32.9 Å². The van der Waals surface area contributed by atoms with Gasteiger partial charge in [0.1, 0.15) is 42.3 Å². The molecule has 0 bridgehead atoms. The van der Waals surface area contributed by atoms with Crippen LogP contribution in [-0.4, -0.2) is 113 Å². The van der Waals surface area contributed by atoms with E-state index in [-0.39, 0.29) is 50.5 Å². The maximum Gasteiger partial charge on any atom is 0.470 e. The molecule has 3 unspecified atom stereocenters. The molecule has 0 spiro atoms. The Labute approximate surface area is 692 Å². The molecule has 18 nitrogen and oxygen atoms in total. The van der Waals surface area contributed by atoms with E-state index in [1.165, 1.54) is 225 Å². The van der Waals surface area contributed by atoms with Gasteiger partial charge in [-0.1, -0.05) is 388 Å². The lowest BCUT2D eigenvalue weighted by molar-refractivity contribution is -0.271. The van der Waals surface area contributed by atoms with Gasteiger partial charge >= 0.3 is 31.7 Å². The van der Waals surface area contributed by atoms with E-state index in [1.54, 1.807) is 0 Å². The molecule has 666 valence electrons. The van der Waals surface area contributed by atoms with Gasteiger partial charge in [-0.15, -0.1) is 0 Å². The Morgan fingerprint density at radius 3 is 0.912 bits per heavy atom. The van der Waals surface area contributed by atoms with Gasteiger partial charge in [-0.25, -0.2) is 4.57 Å². The first-order valence-electron chi connectivity index (χ1n) is 48.2. The molecule has 1 aliphatic heterocycles. The summed E-state index contributed by atoms with van der Waals surface area (Å²) in [5.41, 5.74) is 0. The third-order valence-electron chi connectivity index (χ3n) is 22.8. The number of carbonyl (C=O) groups is 6. The Morgan fingerprint density at radius 1 is 0.336 bits per heavy atom. The van der Waals surface area contributed by atoms with Crippen LogP contribution in [0, 0.1) is 0 Å². The van der Waals surface area contributed by atoms with Crippen LogP contribution < -0.4 is 5.32 Å². The van der Waals surface area contributed by atoms with Crippen LogP contribution in [0.5, 0.6) is 0 Å². The van der Waals surface area contributed by atoms with E-state index in [1.807, 2.05) is 0 Å². The molecule has 1 fully saturated rings. The number of rotatable bonds is 86. The van der Waals surface area contributed by atoms with Crippen LogP contribution in [0.1, 0.15) is 504 Å². The average molecular weight is 1630 g/mol. The largest absolute Gasteiger partial charge is 0.470 e. The lowest BCUT2D eigenvalue weighted by Crippen LogP contribution is -2.66. The molecule has 113 heavy (non-hydrogen) atoms. The predicted octanol–water partition coefficient (Wildman–Crippen LogP) is 26.1. The third kappa shape index (κ3) is 67.5. The van der Waals surface area contributed by atoms with Crippen LogP contribution in [-0.2, 0) is 66.3 Å². The minimum atomic E-state index is -5.46. The number of ether oxygens (including phenoxy) is 6. The predicted molar refractivity (Wildman–Crippen MR) is 462 cm³/mol. The minimum Gasteiger partial charge on any atom is -0.462 e. The lowest BCUT2D eigenvalue weighted by Gasteiger charge is -2.45. The van der Waals surface area contributed by atoms with Gasteiger partial charge in [-0.05, 0) is 70.6 Å². The first kappa shape index (κ1) is 108. The molecule has 0 aliphatic carbocycles. The first-order chi connectivity index (χ1) is 55.0. The average Bonchev–Trinajstić information content (AvgIpc) is 0.781. The maximum atomic E-state index is 14.9. The number of phosphoric acid groups is 1. The van der Waals surface area contributed by atoms with Gasteiger partial charge in [-0.3, -0.25) is 33.3 Å². The molecule has 1 aliphatic rings. The van der Waals surface area contributed by atoms with Gasteiger partial charge in [-0.2, -0.15) is 0 Å². The van der Waals surface area contributed by atoms with Crippen LogP contribution >= 0.6 is 7.82 Å². The van der Waals surface area contributed by atoms with Gasteiger partial charge in [0.2, 0.25) is 5.91 Å². The monoisotopic (exact) mass is 1620 g/mol. The molecular weight excluding hydrogens is 1450 g/mol. The zero-order chi connectivity index (χ0) is 82.6. The summed E-state index contributed by atoms with van der Waals surface area (Å²) in [7, 11) is -5.46. The van der Waals surface area contributed by atoms with Crippen molar-refractivity contribution in [3.05, 3.63) is 0 Å². The number of aliphatic hydroxyl groups excluding tert-OH is 1. The van der Waals surface area contributed by atoms with Gasteiger partial charge in [0, 0.05) is 38.7 Å². The number of esters is 4. The van der Waals surface area contributed by atoms with Crippen LogP contribution in [0.4, 0.5) is 0 Å². The number of Topliss-reactive ketones (excluding diaryl/α,β-unsaturated/α-hetero) is 1. The molecule has 1 rings (SSSR count). The second-order valence-electron chi connectivity index (χ2n) is 33.9. The highest BCUT2D eigenvalue weighted by Gasteiger charge is 2.52. The Hall–Kier alpha value is -2.99. The molecule has 0 aromatic heterocycles. The third-order valence-corrected chi connectivity index (χ3v) is 23.3. The quantitative estimate of drug-likeness (QED) is 0.0191. The second kappa shape index (κ2) is 78.8. The summed E-state index contributed by atoms with van der Waals surface area (Å²) in [6.07, 6.45) is 60.4. The van der Waals surface area contributed by atoms with E-state index in [0.717, 1.165) is 135 Å². The fourth-order valence-corrected chi connectivity index (χ4v) is 16.4. The Morgan fingerprint density at radius 2 is 0.611 bits per heavy atom. The van der Waals surface area contributed by atoms with Crippen molar-refractivity contribution in [3.8, 4) is 0 Å². The molecule has 1 amide bonds. The molecule has 8 atom stereocenters. The lowest BCUT2D eigenvalue weighted by atomic mass is 9.95. The SMILES string of the molecule is CCCCCCCCCCCCCC(=O)O[C@H](CCCCCCCCCCC)CC(=O)CCCCO[C@@H]1OC(CO)[C@@H](OP(=O)(O)O)C(OC(=O)C[C@@H](CCCCCCCCCCC)OC(=O)CCCCCCCCCCCCC)C1NC(=O)C[C@@H](CCCCCCCCCCC)OC(=O)CCCCCCCCCCCCC. The van der Waals surface area contributed by atoms with Crippen molar-refractivity contribution in [2.24, 2.45) is 0 Å². The van der Waals surface area contributed by atoms with Crippen molar-refractivity contribution in [1.82, 2.24) is 5.32 Å². The topological polar surface area (TPSA) is 257 Å². The number of amides is 1. The first-order valence-corrected chi connectivity index (χ1v) is 49.8. The number of aliphatic hydroxyl groups is 1. The molecule has 0 saturated carbocycles. The van der Waals surface area contributed by atoms with E-state index >= 15 is 0 Å². The van der Waals surface area contributed by atoms with Crippen molar-refractivity contribution in [3.63, 3.8) is 0 Å². The minimum absolute atomic E-state index is 0.0513. The number of hydrogen-bond donors (Lipinski definition) is 4. The summed E-state index contributed by atoms with van der Waals surface area (Å²) in [4.78, 5) is 105. The molecule has 0 aromatic carbocycles. The summed E-state index contributed by atoms with van der Waals surface area (Å²) >= 11 is 0. The van der Waals surface area contributed by atoms with Crippen molar-refractivity contribution in [2.45, 2.75) is 553 Å². The molecule has 0 aromatic rings. The van der Waals surface area contributed by atoms with Gasteiger partial charge in [0.15, 0.2) is 12.4 Å². The number of carbonyl (C=O) groups excluding carboxylic acids is 6. The van der Waals surface area contributed by atoms with Gasteiger partial charge in [0.05, 0.1) is 19.4 Å². The normalized spacial score (nSPS) is 16.6. The number of phosphoric ester groups is 1. The summed E-state index contributed by atoms with van der Waals surface area (Å²) in [6, 6.07) is -1.52. The van der Waals surface area contributed by atoms with Gasteiger partial charge < -0.3 is 48.6 Å². The van der Waals surface area contributed by atoms with Crippen LogP contribution in [0.15, 0.2) is 0 Å². The Kier molecular flexibility index (Phi) is 75.4. The van der Waals surface area contributed by atoms with Crippen LogP contribution in [0.3, 0.4) is 0 Å². The number of hydrogen-bond acceptors (Lipinski definition) is 15. The number of ketones is 1. The number of unbranched alkanes of at least 4 members (excludes halogenated alkanes) is 55. The van der Waals surface area contributed by atoms with E-state index in [9.17, 15) is 48.2 Å². The summed E-state index contributed by atoms with van der Waals surface area (Å²) in [6.45, 7) is 12.4. The van der Waals surface area contributed by atoms with Crippen molar-refractivity contribution >= 4 is 43.4 Å². The van der Waals surface area contributed by atoms with Crippen molar-refractivity contribution in [2.75, 3.05) is 13.2 Å². The van der Waals surface area contributed by atoms with Crippen LogP contribution in [0.2, 0.25) is 0 Å². The highest BCUT2D eigenvalue weighted by molar-refractivity contribution is 7.46.